The van der Waals surface area contributed by atoms with Gasteiger partial charge in [-0.25, -0.2) is 4.98 Å². The molecule has 2 aromatic rings. The van der Waals surface area contributed by atoms with Crippen LogP contribution in [0, 0.1) is 11.8 Å². The molecule has 0 spiro atoms. The lowest BCUT2D eigenvalue weighted by atomic mass is 9.92. The zero-order valence-corrected chi connectivity index (χ0v) is 14.8. The Kier molecular flexibility index (Phi) is 5.18. The molecule has 24 heavy (non-hydrogen) atoms. The van der Waals surface area contributed by atoms with Gasteiger partial charge in [-0.3, -0.25) is 4.99 Å². The molecular weight excluding hydrogens is 298 g/mol. The molecule has 1 aliphatic rings. The van der Waals surface area contributed by atoms with Crippen LogP contribution in [0.15, 0.2) is 48.0 Å². The summed E-state index contributed by atoms with van der Waals surface area (Å²) in [5, 5.41) is 3.54. The molecule has 1 aliphatic heterocycles. The highest BCUT2D eigenvalue weighted by atomic mass is 15.3. The van der Waals surface area contributed by atoms with Gasteiger partial charge in [0.1, 0.15) is 0 Å². The predicted octanol–water partition coefficient (Wildman–Crippen LogP) is 2.93. The minimum Gasteiger partial charge on any atom is -0.352 e. The normalized spacial score (nSPS) is 21.8. The van der Waals surface area contributed by atoms with Crippen molar-refractivity contribution >= 4 is 5.96 Å². The van der Waals surface area contributed by atoms with Crippen LogP contribution in [-0.4, -0.2) is 40.5 Å². The van der Waals surface area contributed by atoms with Gasteiger partial charge in [0.05, 0.1) is 12.0 Å². The highest BCUT2D eigenvalue weighted by molar-refractivity contribution is 5.80. The van der Waals surface area contributed by atoms with E-state index < -0.39 is 0 Å². The molecule has 0 radical (unpaired) electrons. The number of imidazole rings is 1. The average Bonchev–Trinajstić information content (AvgIpc) is 3.09. The van der Waals surface area contributed by atoms with Crippen LogP contribution in [0.2, 0.25) is 0 Å². The Labute approximate surface area is 144 Å². The number of rotatable bonds is 3. The van der Waals surface area contributed by atoms with Gasteiger partial charge < -0.3 is 14.8 Å². The van der Waals surface area contributed by atoms with Crippen molar-refractivity contribution in [3.63, 3.8) is 0 Å². The molecule has 1 fully saturated rings. The Balaban J connectivity index is 1.71. The molecule has 2 unspecified atom stereocenters. The summed E-state index contributed by atoms with van der Waals surface area (Å²) in [6.07, 6.45) is 6.92. The first-order chi connectivity index (χ1) is 11.7. The van der Waals surface area contributed by atoms with Crippen LogP contribution in [0.4, 0.5) is 0 Å². The smallest absolute Gasteiger partial charge is 0.193 e. The van der Waals surface area contributed by atoms with E-state index in [1.54, 1.807) is 6.20 Å². The van der Waals surface area contributed by atoms with E-state index >= 15 is 0 Å². The molecule has 128 valence electrons. The second-order valence-corrected chi connectivity index (χ2v) is 6.85. The molecule has 1 aromatic heterocycles. The molecule has 1 aromatic carbocycles. The van der Waals surface area contributed by atoms with E-state index in [2.05, 4.69) is 58.3 Å². The summed E-state index contributed by atoms with van der Waals surface area (Å²) in [5.74, 6) is 2.42. The first-order valence-corrected chi connectivity index (χ1v) is 8.69. The summed E-state index contributed by atoms with van der Waals surface area (Å²) in [7, 11) is 1.87. The van der Waals surface area contributed by atoms with Crippen molar-refractivity contribution in [2.45, 2.75) is 26.8 Å². The van der Waals surface area contributed by atoms with Crippen LogP contribution in [0.1, 0.15) is 25.8 Å². The zero-order valence-electron chi connectivity index (χ0n) is 14.8. The number of aromatic nitrogens is 2. The Morgan fingerprint density at radius 3 is 2.67 bits per heavy atom. The van der Waals surface area contributed by atoms with Crippen molar-refractivity contribution < 1.29 is 0 Å². The number of benzene rings is 1. The Morgan fingerprint density at radius 1 is 1.25 bits per heavy atom. The van der Waals surface area contributed by atoms with Gasteiger partial charge in [-0.1, -0.05) is 32.0 Å². The third-order valence-electron chi connectivity index (χ3n) is 4.59. The maximum Gasteiger partial charge on any atom is 0.193 e. The molecule has 0 aliphatic carbocycles. The zero-order chi connectivity index (χ0) is 16.9. The van der Waals surface area contributed by atoms with Crippen molar-refractivity contribution in [3.05, 3.63) is 48.5 Å². The van der Waals surface area contributed by atoms with E-state index in [1.165, 1.54) is 12.0 Å². The summed E-state index contributed by atoms with van der Waals surface area (Å²) in [6.45, 7) is 7.55. The fraction of sp³-hybridized carbons (Fsp3) is 0.474. The lowest BCUT2D eigenvalue weighted by Gasteiger charge is -2.37. The number of hydrogen-bond acceptors (Lipinski definition) is 2. The number of nitrogens with one attached hydrogen (secondary N) is 1. The second-order valence-electron chi connectivity index (χ2n) is 6.85. The Hall–Kier alpha value is -2.30. The monoisotopic (exact) mass is 325 g/mol. The van der Waals surface area contributed by atoms with Crippen LogP contribution in [0.3, 0.4) is 0 Å². The van der Waals surface area contributed by atoms with E-state index in [0.29, 0.717) is 11.8 Å². The van der Waals surface area contributed by atoms with Crippen molar-refractivity contribution in [2.75, 3.05) is 20.1 Å². The fourth-order valence-corrected chi connectivity index (χ4v) is 3.66. The molecule has 5 nitrogen and oxygen atoms in total. The average molecular weight is 325 g/mol. The van der Waals surface area contributed by atoms with Crippen molar-refractivity contribution in [3.8, 4) is 5.69 Å². The molecular formula is C19H27N5. The third kappa shape index (κ3) is 3.78. The SMILES string of the molecule is CN=C(NCc1ccccc1-n1ccnc1)N1CC(C)CC(C)C1. The summed E-state index contributed by atoms with van der Waals surface area (Å²) in [6, 6.07) is 8.40. The lowest BCUT2D eigenvalue weighted by molar-refractivity contribution is 0.208. The van der Waals surface area contributed by atoms with Crippen LogP contribution >= 0.6 is 0 Å². The summed E-state index contributed by atoms with van der Waals surface area (Å²) < 4.78 is 2.05. The van der Waals surface area contributed by atoms with Gasteiger partial charge in [0, 0.05) is 39.1 Å². The van der Waals surface area contributed by atoms with E-state index in [0.717, 1.165) is 31.3 Å². The van der Waals surface area contributed by atoms with Gasteiger partial charge in [-0.15, -0.1) is 0 Å². The minimum absolute atomic E-state index is 0.713. The number of aliphatic imine (C=N–C) groups is 1. The van der Waals surface area contributed by atoms with E-state index in [1.807, 2.05) is 24.1 Å². The molecule has 2 heterocycles. The number of likely N-dealkylation sites (tertiary alicyclic amines) is 1. The first kappa shape index (κ1) is 16.6. The molecule has 1 N–H and O–H groups in total. The van der Waals surface area contributed by atoms with Gasteiger partial charge in [0.15, 0.2) is 5.96 Å². The van der Waals surface area contributed by atoms with Crippen molar-refractivity contribution in [1.29, 1.82) is 0 Å². The standard InChI is InChI=1S/C19H27N5/c1-15-10-16(2)13-24(12-15)19(20-3)22-11-17-6-4-5-7-18(17)23-9-8-21-14-23/h4-9,14-16H,10-13H2,1-3H3,(H,20,22). The van der Waals surface area contributed by atoms with Crippen LogP contribution in [0.5, 0.6) is 0 Å². The van der Waals surface area contributed by atoms with Gasteiger partial charge in [-0.05, 0) is 29.9 Å². The maximum absolute atomic E-state index is 4.50. The van der Waals surface area contributed by atoms with Crippen LogP contribution in [0.25, 0.3) is 5.69 Å². The van der Waals surface area contributed by atoms with Gasteiger partial charge >= 0.3 is 0 Å². The van der Waals surface area contributed by atoms with Crippen molar-refractivity contribution in [1.82, 2.24) is 19.8 Å². The topological polar surface area (TPSA) is 45.5 Å². The highest BCUT2D eigenvalue weighted by Crippen LogP contribution is 2.21. The second kappa shape index (κ2) is 7.51. The predicted molar refractivity (Wildman–Crippen MR) is 98.3 cm³/mol. The van der Waals surface area contributed by atoms with E-state index in [9.17, 15) is 0 Å². The van der Waals surface area contributed by atoms with E-state index in [-0.39, 0.29) is 0 Å². The third-order valence-corrected chi connectivity index (χ3v) is 4.59. The molecule has 0 saturated carbocycles. The Bertz CT molecular complexity index is 667. The first-order valence-electron chi connectivity index (χ1n) is 8.69. The maximum atomic E-state index is 4.50. The minimum atomic E-state index is 0.713. The number of nitrogens with zero attached hydrogens (tertiary/aromatic N) is 4. The number of guanidine groups is 1. The van der Waals surface area contributed by atoms with Crippen LogP contribution in [-0.2, 0) is 6.54 Å². The molecule has 0 amide bonds. The van der Waals surface area contributed by atoms with Crippen molar-refractivity contribution in [2.24, 2.45) is 16.8 Å². The van der Waals surface area contributed by atoms with Gasteiger partial charge in [0.25, 0.3) is 0 Å². The molecule has 5 heteroatoms. The molecule has 1 saturated heterocycles. The number of para-hydroxylation sites is 1. The summed E-state index contributed by atoms with van der Waals surface area (Å²) in [4.78, 5) is 11.0. The lowest BCUT2D eigenvalue weighted by Crippen LogP contribution is -2.48. The number of piperidine rings is 1. The summed E-state index contributed by atoms with van der Waals surface area (Å²) in [5.41, 5.74) is 2.38. The number of hydrogen-bond donors (Lipinski definition) is 1. The van der Waals surface area contributed by atoms with Gasteiger partial charge in [0.2, 0.25) is 0 Å². The largest absolute Gasteiger partial charge is 0.352 e. The molecule has 2 atom stereocenters. The fourth-order valence-electron chi connectivity index (χ4n) is 3.66. The highest BCUT2D eigenvalue weighted by Gasteiger charge is 2.24. The quantitative estimate of drug-likeness (QED) is 0.697. The van der Waals surface area contributed by atoms with E-state index in [4.69, 9.17) is 0 Å². The van der Waals surface area contributed by atoms with Gasteiger partial charge in [-0.2, -0.15) is 0 Å². The molecule has 3 rings (SSSR count). The Morgan fingerprint density at radius 2 is 2.00 bits per heavy atom. The molecule has 0 bridgehead atoms. The van der Waals surface area contributed by atoms with Crippen LogP contribution < -0.4 is 5.32 Å². The summed E-state index contributed by atoms with van der Waals surface area (Å²) >= 11 is 0.